The minimum Gasteiger partial charge on any atom is -0.349 e. The lowest BCUT2D eigenvalue weighted by atomic mass is 10.7. The molecule has 2 N–H and O–H groups in total. The first kappa shape index (κ1) is 4.96. The maximum Gasteiger partial charge on any atom is 0.166 e. The quantitative estimate of drug-likeness (QED) is 0.392. The molecule has 1 rings (SSSR count). The molecule has 0 bridgehead atoms. The Kier molecular flexibility index (Phi) is 1.23. The molecule has 1 atom stereocenters. The summed E-state index contributed by atoms with van der Waals surface area (Å²) in [7, 11) is 0. The predicted molar refractivity (Wildman–Crippen MR) is 29.7 cm³/mol. The van der Waals surface area contributed by atoms with Gasteiger partial charge in [0, 0.05) is 6.54 Å². The van der Waals surface area contributed by atoms with Crippen LogP contribution in [0.25, 0.3) is 0 Å². The first-order valence-electron chi connectivity index (χ1n) is 2.00. The molecule has 3 nitrogen and oxygen atoms in total. The van der Waals surface area contributed by atoms with E-state index in [-0.39, 0.29) is 0 Å². The Morgan fingerprint density at radius 2 is 2.57 bits per heavy atom. The van der Waals surface area contributed by atoms with Gasteiger partial charge in [-0.05, 0) is 0 Å². The number of thiocarbonyl (C=S) groups is 1. The Bertz CT molecular complexity index is 92.2. The zero-order valence-corrected chi connectivity index (χ0v) is 4.46. The van der Waals surface area contributed by atoms with E-state index in [0.29, 0.717) is 11.5 Å². The van der Waals surface area contributed by atoms with Gasteiger partial charge in [0.15, 0.2) is 6.29 Å². The van der Waals surface area contributed by atoms with Crippen LogP contribution in [0.15, 0.2) is 0 Å². The molecule has 2 radical (unpaired) electrons. The van der Waals surface area contributed by atoms with Crippen molar-refractivity contribution in [2.75, 3.05) is 6.54 Å². The summed E-state index contributed by atoms with van der Waals surface area (Å²) in [5.41, 5.74) is 8.59. The highest BCUT2D eigenvalue weighted by Crippen LogP contribution is 1.80. The molecule has 0 amide bonds. The predicted octanol–water partition coefficient (Wildman–Crippen LogP) is -1.14. The zero-order valence-electron chi connectivity index (χ0n) is 3.64. The molecule has 1 aliphatic rings. The molecule has 1 aliphatic heterocycles. The van der Waals surface area contributed by atoms with E-state index in [4.69, 9.17) is 5.73 Å². The highest BCUT2D eigenvalue weighted by atomic mass is 32.1. The molecule has 1 heterocycles. The fourth-order valence-electron chi connectivity index (χ4n) is 0.444. The third-order valence-electron chi connectivity index (χ3n) is 0.754. The summed E-state index contributed by atoms with van der Waals surface area (Å²) in [6, 6.07) is 0. The second-order valence-corrected chi connectivity index (χ2v) is 1.84. The molecular formula is C3H5N3S. The topological polar surface area (TPSA) is 46.4 Å². The van der Waals surface area contributed by atoms with Crippen LogP contribution in [0.1, 0.15) is 0 Å². The van der Waals surface area contributed by atoms with E-state index in [1.807, 2.05) is 0 Å². The maximum atomic E-state index is 8.59. The second-order valence-electron chi connectivity index (χ2n) is 1.35. The summed E-state index contributed by atoms with van der Waals surface area (Å²) in [4.78, 5) is 0.674. The number of rotatable bonds is 0. The van der Waals surface area contributed by atoms with Crippen LogP contribution in [-0.2, 0) is 0 Å². The summed E-state index contributed by atoms with van der Waals surface area (Å²) in [5, 5.41) is 5.27. The van der Waals surface area contributed by atoms with Crippen LogP contribution >= 0.6 is 12.2 Å². The molecule has 38 valence electrons. The van der Waals surface area contributed by atoms with Gasteiger partial charge in [0.05, 0.1) is 4.99 Å². The summed E-state index contributed by atoms with van der Waals surface area (Å²) in [5.74, 6) is 0. The van der Waals surface area contributed by atoms with Gasteiger partial charge < -0.3 is 5.32 Å². The Hall–Kier alpha value is -0.190. The molecule has 1 unspecified atom stereocenters. The van der Waals surface area contributed by atoms with Gasteiger partial charge in [-0.2, -0.15) is 0 Å². The lowest BCUT2D eigenvalue weighted by molar-refractivity contribution is 0.574. The van der Waals surface area contributed by atoms with Crippen LogP contribution in [0.4, 0.5) is 0 Å². The average molecular weight is 115 g/mol. The second kappa shape index (κ2) is 1.73. The van der Waals surface area contributed by atoms with Crippen LogP contribution < -0.4 is 16.4 Å². The number of hydrogen-bond acceptors (Lipinski definition) is 2. The summed E-state index contributed by atoms with van der Waals surface area (Å²) in [6.07, 6.45) is -0.618. The SMILES string of the molecule is [N]C1NCC(=S)N1. The first-order valence-corrected chi connectivity index (χ1v) is 2.41. The zero-order chi connectivity index (χ0) is 5.28. The molecule has 0 aromatic rings. The van der Waals surface area contributed by atoms with Crippen molar-refractivity contribution in [3.05, 3.63) is 0 Å². The van der Waals surface area contributed by atoms with Gasteiger partial charge in [0.2, 0.25) is 0 Å². The van der Waals surface area contributed by atoms with Gasteiger partial charge >= 0.3 is 0 Å². The number of nitrogens with zero attached hydrogens (tertiary/aromatic N) is 1. The monoisotopic (exact) mass is 115 g/mol. The lowest BCUT2D eigenvalue weighted by Gasteiger charge is -1.95. The van der Waals surface area contributed by atoms with Crippen LogP contribution in [-0.4, -0.2) is 17.8 Å². The van der Waals surface area contributed by atoms with Crippen molar-refractivity contribution in [3.63, 3.8) is 0 Å². The van der Waals surface area contributed by atoms with Gasteiger partial charge in [-0.15, -0.1) is 5.73 Å². The lowest BCUT2D eigenvalue weighted by Crippen LogP contribution is -2.32. The fourth-order valence-corrected chi connectivity index (χ4v) is 0.639. The van der Waals surface area contributed by atoms with Crippen molar-refractivity contribution < 1.29 is 0 Å². The molecule has 0 aromatic carbocycles. The molecule has 7 heavy (non-hydrogen) atoms. The Morgan fingerprint density at radius 1 is 1.86 bits per heavy atom. The average Bonchev–Trinajstić information content (AvgIpc) is 1.87. The minimum atomic E-state index is -0.618. The molecule has 1 fully saturated rings. The van der Waals surface area contributed by atoms with Crippen LogP contribution in [0.5, 0.6) is 0 Å². The van der Waals surface area contributed by atoms with Gasteiger partial charge in [-0.1, -0.05) is 12.2 Å². The smallest absolute Gasteiger partial charge is 0.166 e. The summed E-state index contributed by atoms with van der Waals surface area (Å²) >= 11 is 4.66. The molecule has 1 saturated heterocycles. The van der Waals surface area contributed by atoms with Gasteiger partial charge in [-0.3, -0.25) is 5.32 Å². The van der Waals surface area contributed by atoms with Crippen LogP contribution in [0.2, 0.25) is 0 Å². The Labute approximate surface area is 47.3 Å². The first-order chi connectivity index (χ1) is 3.29. The van der Waals surface area contributed by atoms with Crippen molar-refractivity contribution in [1.29, 1.82) is 0 Å². The third kappa shape index (κ3) is 1.09. The highest BCUT2D eigenvalue weighted by molar-refractivity contribution is 7.80. The largest absolute Gasteiger partial charge is 0.349 e. The van der Waals surface area contributed by atoms with Crippen LogP contribution in [0, 0.1) is 0 Å². The Balaban J connectivity index is 2.40. The van der Waals surface area contributed by atoms with E-state index >= 15 is 0 Å². The number of hydrogen-bond donors (Lipinski definition) is 2. The fraction of sp³-hybridized carbons (Fsp3) is 0.667. The van der Waals surface area contributed by atoms with E-state index in [2.05, 4.69) is 22.9 Å². The summed E-state index contributed by atoms with van der Waals surface area (Å²) in [6.45, 7) is 0.594. The third-order valence-corrected chi connectivity index (χ3v) is 1.02. The number of nitrogens with one attached hydrogen (secondary N) is 2. The van der Waals surface area contributed by atoms with Gasteiger partial charge in [0.1, 0.15) is 0 Å². The molecule has 4 heteroatoms. The van der Waals surface area contributed by atoms with Crippen molar-refractivity contribution in [2.24, 2.45) is 0 Å². The van der Waals surface area contributed by atoms with Crippen molar-refractivity contribution in [1.82, 2.24) is 16.4 Å². The normalized spacial score (nSPS) is 30.4. The standard InChI is InChI=1S/C3H5N3S/c4-3-5-1-2(7)6-3/h3,5H,1H2,(H,6,7). The minimum absolute atomic E-state index is 0.594. The molecule has 0 spiro atoms. The molecule has 0 aromatic heterocycles. The molecule has 0 saturated carbocycles. The molecule has 0 aliphatic carbocycles. The van der Waals surface area contributed by atoms with Crippen molar-refractivity contribution in [3.8, 4) is 0 Å². The van der Waals surface area contributed by atoms with E-state index < -0.39 is 6.29 Å². The van der Waals surface area contributed by atoms with E-state index in [1.54, 1.807) is 0 Å². The summed E-state index contributed by atoms with van der Waals surface area (Å²) < 4.78 is 0. The highest BCUT2D eigenvalue weighted by Gasteiger charge is 2.12. The molecular weight excluding hydrogens is 110 g/mol. The van der Waals surface area contributed by atoms with E-state index in [9.17, 15) is 0 Å². The van der Waals surface area contributed by atoms with Crippen LogP contribution in [0.3, 0.4) is 0 Å². The van der Waals surface area contributed by atoms with Gasteiger partial charge in [-0.25, -0.2) is 0 Å². The van der Waals surface area contributed by atoms with E-state index in [0.717, 1.165) is 0 Å². The Morgan fingerprint density at radius 3 is 2.71 bits per heavy atom. The van der Waals surface area contributed by atoms with E-state index in [1.165, 1.54) is 0 Å². The maximum absolute atomic E-state index is 8.59. The van der Waals surface area contributed by atoms with Crippen molar-refractivity contribution >= 4 is 17.2 Å². The van der Waals surface area contributed by atoms with Gasteiger partial charge in [0.25, 0.3) is 0 Å². The van der Waals surface area contributed by atoms with Crippen molar-refractivity contribution in [2.45, 2.75) is 6.29 Å².